The highest BCUT2D eigenvalue weighted by molar-refractivity contribution is 6.07. The van der Waals surface area contributed by atoms with Gasteiger partial charge in [0, 0.05) is 11.6 Å². The van der Waals surface area contributed by atoms with Gasteiger partial charge in [-0.2, -0.15) is 0 Å². The molecule has 1 aliphatic rings. The summed E-state index contributed by atoms with van der Waals surface area (Å²) in [5, 5.41) is 5.31. The number of carbonyl (C=O) groups excluding carboxylic acids is 1. The van der Waals surface area contributed by atoms with E-state index in [2.05, 4.69) is 29.6 Å². The van der Waals surface area contributed by atoms with Crippen molar-refractivity contribution in [3.63, 3.8) is 0 Å². The Bertz CT molecular complexity index is 823. The van der Waals surface area contributed by atoms with E-state index in [0.29, 0.717) is 0 Å². The minimum Gasteiger partial charge on any atom is -0.349 e. The summed E-state index contributed by atoms with van der Waals surface area (Å²) in [5.74, 6) is 0.0228. The molecule has 0 spiro atoms. The number of hydrogen-bond donors (Lipinski definition) is 1. The van der Waals surface area contributed by atoms with Crippen LogP contribution in [0.1, 0.15) is 21.5 Å². The van der Waals surface area contributed by atoms with Crippen LogP contribution in [0.15, 0.2) is 66.7 Å². The van der Waals surface area contributed by atoms with E-state index < -0.39 is 0 Å². The van der Waals surface area contributed by atoms with Crippen molar-refractivity contribution in [1.82, 2.24) is 5.32 Å². The first kappa shape index (κ1) is 13.1. The van der Waals surface area contributed by atoms with Crippen LogP contribution in [0.25, 0.3) is 10.8 Å². The normalized spacial score (nSPS) is 14.0. The van der Waals surface area contributed by atoms with Gasteiger partial charge in [-0.15, -0.1) is 0 Å². The Morgan fingerprint density at radius 3 is 2.23 bits per heavy atom. The molecule has 4 rings (SSSR count). The van der Waals surface area contributed by atoms with Crippen molar-refractivity contribution in [2.24, 2.45) is 0 Å². The molecule has 0 saturated carbocycles. The highest BCUT2D eigenvalue weighted by Crippen LogP contribution is 2.23. The van der Waals surface area contributed by atoms with Crippen molar-refractivity contribution in [2.45, 2.75) is 18.9 Å². The fourth-order valence-corrected chi connectivity index (χ4v) is 3.35. The van der Waals surface area contributed by atoms with Gasteiger partial charge < -0.3 is 5.32 Å². The molecule has 0 heterocycles. The fourth-order valence-electron chi connectivity index (χ4n) is 3.35. The molecule has 0 atom stereocenters. The summed E-state index contributed by atoms with van der Waals surface area (Å²) in [5.41, 5.74) is 3.46. The van der Waals surface area contributed by atoms with Crippen LogP contribution < -0.4 is 5.32 Å². The van der Waals surface area contributed by atoms with Gasteiger partial charge in [0.2, 0.25) is 0 Å². The molecule has 1 N–H and O–H groups in total. The number of carbonyl (C=O) groups is 1. The Morgan fingerprint density at radius 1 is 0.818 bits per heavy atom. The Hall–Kier alpha value is -2.61. The molecule has 22 heavy (non-hydrogen) atoms. The maximum Gasteiger partial charge on any atom is 0.252 e. The minimum absolute atomic E-state index is 0.0228. The Kier molecular flexibility index (Phi) is 3.15. The lowest BCUT2D eigenvalue weighted by Gasteiger charge is -2.13. The first-order valence-electron chi connectivity index (χ1n) is 7.67. The second-order valence-electron chi connectivity index (χ2n) is 5.87. The SMILES string of the molecule is O=C(NC1Cc2ccccc2C1)c1cccc2ccccc12. The van der Waals surface area contributed by atoms with Crippen LogP contribution in [-0.2, 0) is 12.8 Å². The summed E-state index contributed by atoms with van der Waals surface area (Å²) < 4.78 is 0. The van der Waals surface area contributed by atoms with Crippen molar-refractivity contribution < 1.29 is 4.79 Å². The number of benzene rings is 3. The van der Waals surface area contributed by atoms with Crippen LogP contribution in [0, 0.1) is 0 Å². The highest BCUT2D eigenvalue weighted by Gasteiger charge is 2.23. The van der Waals surface area contributed by atoms with Gasteiger partial charge in [0.15, 0.2) is 0 Å². The van der Waals surface area contributed by atoms with Gasteiger partial charge in [-0.05, 0) is 40.8 Å². The van der Waals surface area contributed by atoms with E-state index in [1.807, 2.05) is 42.5 Å². The van der Waals surface area contributed by atoms with Crippen LogP contribution >= 0.6 is 0 Å². The summed E-state index contributed by atoms with van der Waals surface area (Å²) in [6.45, 7) is 0. The first-order chi connectivity index (χ1) is 10.8. The molecule has 1 amide bonds. The van der Waals surface area contributed by atoms with Gasteiger partial charge in [-0.25, -0.2) is 0 Å². The maximum absolute atomic E-state index is 12.7. The molecule has 0 unspecified atom stereocenters. The zero-order chi connectivity index (χ0) is 14.9. The smallest absolute Gasteiger partial charge is 0.252 e. The number of nitrogens with one attached hydrogen (secondary N) is 1. The third kappa shape index (κ3) is 2.27. The van der Waals surface area contributed by atoms with Gasteiger partial charge in [0.25, 0.3) is 5.91 Å². The standard InChI is InChI=1S/C20H17NO/c22-20(19-11-5-9-14-6-3-4-10-18(14)19)21-17-12-15-7-1-2-8-16(15)13-17/h1-11,17H,12-13H2,(H,21,22). The van der Waals surface area contributed by atoms with Gasteiger partial charge in [-0.3, -0.25) is 4.79 Å². The van der Waals surface area contributed by atoms with E-state index in [0.717, 1.165) is 29.2 Å². The molecule has 3 aromatic carbocycles. The lowest BCUT2D eigenvalue weighted by molar-refractivity contribution is 0.0940. The molecule has 3 aromatic rings. The average Bonchev–Trinajstić information content (AvgIpc) is 2.96. The van der Waals surface area contributed by atoms with Gasteiger partial charge in [-0.1, -0.05) is 60.7 Å². The molecular formula is C20H17NO. The number of rotatable bonds is 2. The topological polar surface area (TPSA) is 29.1 Å². The molecule has 0 fully saturated rings. The van der Waals surface area contributed by atoms with E-state index in [4.69, 9.17) is 0 Å². The van der Waals surface area contributed by atoms with Crippen LogP contribution in [-0.4, -0.2) is 11.9 Å². The molecule has 0 aliphatic heterocycles. The maximum atomic E-state index is 12.7. The Balaban J connectivity index is 1.58. The van der Waals surface area contributed by atoms with Gasteiger partial charge in [0.1, 0.15) is 0 Å². The predicted molar refractivity (Wildman–Crippen MR) is 89.1 cm³/mol. The summed E-state index contributed by atoms with van der Waals surface area (Å²) in [6.07, 6.45) is 1.85. The molecule has 108 valence electrons. The molecule has 0 bridgehead atoms. The molecule has 0 aromatic heterocycles. The number of fused-ring (bicyclic) bond motifs is 2. The average molecular weight is 287 g/mol. The molecular weight excluding hydrogens is 270 g/mol. The summed E-state index contributed by atoms with van der Waals surface area (Å²) >= 11 is 0. The van der Waals surface area contributed by atoms with Crippen LogP contribution in [0.2, 0.25) is 0 Å². The van der Waals surface area contributed by atoms with Crippen molar-refractivity contribution in [2.75, 3.05) is 0 Å². The number of hydrogen-bond acceptors (Lipinski definition) is 1. The van der Waals surface area contributed by atoms with Crippen LogP contribution in [0.3, 0.4) is 0 Å². The Morgan fingerprint density at radius 2 is 1.45 bits per heavy atom. The largest absolute Gasteiger partial charge is 0.349 e. The predicted octanol–water partition coefficient (Wildman–Crippen LogP) is 3.74. The molecule has 0 saturated heterocycles. The molecule has 2 nitrogen and oxygen atoms in total. The van der Waals surface area contributed by atoms with Crippen LogP contribution in [0.5, 0.6) is 0 Å². The summed E-state index contributed by atoms with van der Waals surface area (Å²) in [7, 11) is 0. The number of amides is 1. The summed E-state index contributed by atoms with van der Waals surface area (Å²) in [4.78, 5) is 12.7. The van der Waals surface area contributed by atoms with E-state index in [9.17, 15) is 4.79 Å². The zero-order valence-electron chi connectivity index (χ0n) is 12.3. The van der Waals surface area contributed by atoms with E-state index in [1.54, 1.807) is 0 Å². The molecule has 2 heteroatoms. The second-order valence-corrected chi connectivity index (χ2v) is 5.87. The van der Waals surface area contributed by atoms with Gasteiger partial charge in [0.05, 0.1) is 0 Å². The highest BCUT2D eigenvalue weighted by atomic mass is 16.1. The minimum atomic E-state index is 0.0228. The van der Waals surface area contributed by atoms with E-state index in [-0.39, 0.29) is 11.9 Å². The van der Waals surface area contributed by atoms with Crippen molar-refractivity contribution in [3.8, 4) is 0 Å². The van der Waals surface area contributed by atoms with Crippen LogP contribution in [0.4, 0.5) is 0 Å². The van der Waals surface area contributed by atoms with E-state index in [1.165, 1.54) is 11.1 Å². The zero-order valence-corrected chi connectivity index (χ0v) is 12.3. The quantitative estimate of drug-likeness (QED) is 0.764. The second kappa shape index (κ2) is 5.30. The lowest BCUT2D eigenvalue weighted by atomic mass is 10.0. The molecule has 1 aliphatic carbocycles. The Labute approximate surface area is 129 Å². The fraction of sp³-hybridized carbons (Fsp3) is 0.150. The third-order valence-corrected chi connectivity index (χ3v) is 4.42. The van der Waals surface area contributed by atoms with Gasteiger partial charge >= 0.3 is 0 Å². The third-order valence-electron chi connectivity index (χ3n) is 4.42. The van der Waals surface area contributed by atoms with Crippen molar-refractivity contribution >= 4 is 16.7 Å². The first-order valence-corrected chi connectivity index (χ1v) is 7.67. The van der Waals surface area contributed by atoms with Crippen molar-refractivity contribution in [3.05, 3.63) is 83.4 Å². The lowest BCUT2D eigenvalue weighted by Crippen LogP contribution is -2.35. The van der Waals surface area contributed by atoms with Crippen molar-refractivity contribution in [1.29, 1.82) is 0 Å². The van der Waals surface area contributed by atoms with E-state index >= 15 is 0 Å². The monoisotopic (exact) mass is 287 g/mol. The molecule has 0 radical (unpaired) electrons. The summed E-state index contributed by atoms with van der Waals surface area (Å²) in [6, 6.07) is 22.5.